The van der Waals surface area contributed by atoms with Gasteiger partial charge in [-0.1, -0.05) is 60.7 Å². The summed E-state index contributed by atoms with van der Waals surface area (Å²) in [5.74, 6) is 0.742. The van der Waals surface area contributed by atoms with Gasteiger partial charge in [-0.25, -0.2) is 0 Å². The van der Waals surface area contributed by atoms with Crippen LogP contribution in [0.4, 0.5) is 0 Å². The van der Waals surface area contributed by atoms with Crippen LogP contribution in [0.5, 0.6) is 0 Å². The number of hydrogen-bond acceptors (Lipinski definition) is 1. The Morgan fingerprint density at radius 3 is 2.78 bits per heavy atom. The minimum absolute atomic E-state index is 0.210. The Morgan fingerprint density at radius 2 is 2.06 bits per heavy atom. The zero-order valence-electron chi connectivity index (χ0n) is 10.5. The van der Waals surface area contributed by atoms with Crippen LogP contribution in [0.2, 0.25) is 0 Å². The molecule has 1 aliphatic rings. The Balaban J connectivity index is 1.77. The van der Waals surface area contributed by atoms with Gasteiger partial charge in [-0.15, -0.1) is 0 Å². The average molecular weight is 238 g/mol. The van der Waals surface area contributed by atoms with E-state index in [0.717, 1.165) is 18.4 Å². The lowest BCUT2D eigenvalue weighted by Gasteiger charge is -2.10. The second-order valence-corrected chi connectivity index (χ2v) is 4.56. The smallest absolute Gasteiger partial charge is 0.155 e. The van der Waals surface area contributed by atoms with Gasteiger partial charge in [0.15, 0.2) is 5.78 Å². The fourth-order valence-corrected chi connectivity index (χ4v) is 2.01. The predicted octanol–water partition coefficient (Wildman–Crippen LogP) is 4.18. The Morgan fingerprint density at radius 1 is 1.22 bits per heavy atom. The molecule has 0 aromatic heterocycles. The lowest BCUT2D eigenvalue weighted by Crippen LogP contribution is -2.01. The molecule has 1 atom stereocenters. The van der Waals surface area contributed by atoms with E-state index in [2.05, 4.69) is 24.3 Å². The maximum atomic E-state index is 11.7. The molecule has 0 radical (unpaired) electrons. The van der Waals surface area contributed by atoms with Crippen LogP contribution in [0, 0.1) is 5.92 Å². The van der Waals surface area contributed by atoms with Crippen LogP contribution in [0.1, 0.15) is 24.8 Å². The summed E-state index contributed by atoms with van der Waals surface area (Å²) in [6, 6.07) is 9.92. The van der Waals surface area contributed by atoms with Crippen molar-refractivity contribution in [3.63, 3.8) is 0 Å². The van der Waals surface area contributed by atoms with Crippen LogP contribution in [0.3, 0.4) is 0 Å². The molecule has 0 aliphatic heterocycles. The van der Waals surface area contributed by atoms with Crippen molar-refractivity contribution in [3.8, 4) is 0 Å². The molecule has 0 amide bonds. The number of rotatable bonds is 5. The Kier molecular flexibility index (Phi) is 4.71. The average Bonchev–Trinajstić information content (AvgIpc) is 2.45. The fraction of sp³-hybridized carbons (Fsp3) is 0.235. The van der Waals surface area contributed by atoms with E-state index >= 15 is 0 Å². The molecule has 1 heteroatoms. The largest absolute Gasteiger partial charge is 0.295 e. The molecule has 0 fully saturated rings. The van der Waals surface area contributed by atoms with Crippen molar-refractivity contribution in [2.45, 2.75) is 19.3 Å². The third-order valence-electron chi connectivity index (χ3n) is 3.09. The van der Waals surface area contributed by atoms with E-state index in [1.54, 1.807) is 6.08 Å². The van der Waals surface area contributed by atoms with Gasteiger partial charge in [0.2, 0.25) is 0 Å². The summed E-state index contributed by atoms with van der Waals surface area (Å²) in [6.45, 7) is 0. The predicted molar refractivity (Wildman–Crippen MR) is 76.1 cm³/mol. The van der Waals surface area contributed by atoms with E-state index in [9.17, 15) is 4.79 Å². The van der Waals surface area contributed by atoms with Crippen molar-refractivity contribution >= 4 is 11.9 Å². The minimum atomic E-state index is 0.210. The highest BCUT2D eigenvalue weighted by Gasteiger charge is 2.07. The van der Waals surface area contributed by atoms with E-state index in [0.29, 0.717) is 12.3 Å². The number of hydrogen-bond donors (Lipinski definition) is 0. The summed E-state index contributed by atoms with van der Waals surface area (Å²) in [7, 11) is 0. The SMILES string of the molecule is O=C(/C=C/c1ccccc1)CCC1C=CC=CC1. The van der Waals surface area contributed by atoms with E-state index in [1.807, 2.05) is 36.4 Å². The molecule has 1 aromatic carbocycles. The molecule has 0 spiro atoms. The van der Waals surface area contributed by atoms with Crippen molar-refractivity contribution in [2.24, 2.45) is 5.92 Å². The van der Waals surface area contributed by atoms with Gasteiger partial charge >= 0.3 is 0 Å². The van der Waals surface area contributed by atoms with Crippen molar-refractivity contribution in [1.82, 2.24) is 0 Å². The number of carbonyl (C=O) groups excluding carboxylic acids is 1. The highest BCUT2D eigenvalue weighted by Crippen LogP contribution is 2.17. The molecular weight excluding hydrogens is 220 g/mol. The van der Waals surface area contributed by atoms with Gasteiger partial charge < -0.3 is 0 Å². The van der Waals surface area contributed by atoms with Gasteiger partial charge in [-0.3, -0.25) is 4.79 Å². The number of carbonyl (C=O) groups is 1. The highest BCUT2D eigenvalue weighted by atomic mass is 16.1. The van der Waals surface area contributed by atoms with Gasteiger partial charge in [-0.05, 0) is 30.4 Å². The summed E-state index contributed by atoms with van der Waals surface area (Å²) in [5, 5.41) is 0. The molecule has 0 saturated carbocycles. The number of allylic oxidation sites excluding steroid dienone is 5. The summed E-state index contributed by atoms with van der Waals surface area (Å²) >= 11 is 0. The topological polar surface area (TPSA) is 17.1 Å². The first-order chi connectivity index (χ1) is 8.84. The van der Waals surface area contributed by atoms with E-state index in [1.165, 1.54) is 0 Å². The van der Waals surface area contributed by atoms with Gasteiger partial charge in [-0.2, -0.15) is 0 Å². The standard InChI is InChI=1S/C17H18O/c18-17(13-11-15-7-3-1-4-8-15)14-12-16-9-5-2-6-10-16/h1-9,11,13,16H,10,12,14H2/b13-11+. The van der Waals surface area contributed by atoms with E-state index in [-0.39, 0.29) is 5.78 Å². The molecule has 1 unspecified atom stereocenters. The third kappa shape index (κ3) is 4.17. The van der Waals surface area contributed by atoms with Crippen molar-refractivity contribution in [3.05, 3.63) is 66.3 Å². The van der Waals surface area contributed by atoms with Crippen molar-refractivity contribution < 1.29 is 4.79 Å². The first-order valence-corrected chi connectivity index (χ1v) is 6.44. The minimum Gasteiger partial charge on any atom is -0.295 e. The van der Waals surface area contributed by atoms with Crippen LogP contribution in [0.25, 0.3) is 6.08 Å². The Bertz CT molecular complexity index is 466. The normalized spacial score (nSPS) is 18.3. The summed E-state index contributed by atoms with van der Waals surface area (Å²) < 4.78 is 0. The van der Waals surface area contributed by atoms with E-state index in [4.69, 9.17) is 0 Å². The second kappa shape index (κ2) is 6.75. The Hall–Kier alpha value is -1.89. The van der Waals surface area contributed by atoms with Crippen LogP contribution >= 0.6 is 0 Å². The van der Waals surface area contributed by atoms with Crippen LogP contribution in [-0.2, 0) is 4.79 Å². The van der Waals surface area contributed by atoms with E-state index < -0.39 is 0 Å². The maximum absolute atomic E-state index is 11.7. The molecule has 92 valence electrons. The highest BCUT2D eigenvalue weighted by molar-refractivity contribution is 5.93. The molecule has 0 heterocycles. The molecule has 18 heavy (non-hydrogen) atoms. The molecule has 2 rings (SSSR count). The third-order valence-corrected chi connectivity index (χ3v) is 3.09. The Labute approximate surface area is 109 Å². The first-order valence-electron chi connectivity index (χ1n) is 6.44. The lowest BCUT2D eigenvalue weighted by molar-refractivity contribution is -0.114. The molecule has 0 bridgehead atoms. The molecule has 1 nitrogen and oxygen atoms in total. The summed E-state index contributed by atoms with van der Waals surface area (Å²) in [4.78, 5) is 11.7. The van der Waals surface area contributed by atoms with Crippen molar-refractivity contribution in [2.75, 3.05) is 0 Å². The second-order valence-electron chi connectivity index (χ2n) is 4.56. The molecule has 0 N–H and O–H groups in total. The maximum Gasteiger partial charge on any atom is 0.155 e. The van der Waals surface area contributed by atoms with Gasteiger partial charge in [0.1, 0.15) is 0 Å². The molecular formula is C17H18O. The fourth-order valence-electron chi connectivity index (χ4n) is 2.01. The molecule has 0 saturated heterocycles. The van der Waals surface area contributed by atoms with Crippen LogP contribution in [-0.4, -0.2) is 5.78 Å². The van der Waals surface area contributed by atoms with Crippen LogP contribution < -0.4 is 0 Å². The van der Waals surface area contributed by atoms with Crippen LogP contribution in [0.15, 0.2) is 60.7 Å². The molecule has 1 aromatic rings. The zero-order chi connectivity index (χ0) is 12.6. The molecule has 1 aliphatic carbocycles. The van der Waals surface area contributed by atoms with Gasteiger partial charge in [0.25, 0.3) is 0 Å². The summed E-state index contributed by atoms with van der Waals surface area (Å²) in [5.41, 5.74) is 1.08. The van der Waals surface area contributed by atoms with Crippen molar-refractivity contribution in [1.29, 1.82) is 0 Å². The summed E-state index contributed by atoms with van der Waals surface area (Å²) in [6.07, 6.45) is 14.7. The number of benzene rings is 1. The quantitative estimate of drug-likeness (QED) is 0.703. The monoisotopic (exact) mass is 238 g/mol. The zero-order valence-corrected chi connectivity index (χ0v) is 10.5. The number of ketones is 1. The van der Waals surface area contributed by atoms with Gasteiger partial charge in [0, 0.05) is 6.42 Å². The first kappa shape index (κ1) is 12.6. The van der Waals surface area contributed by atoms with Gasteiger partial charge in [0.05, 0.1) is 0 Å². The lowest BCUT2D eigenvalue weighted by atomic mass is 9.94.